The molecule has 3 rings (SSSR count). The summed E-state index contributed by atoms with van der Waals surface area (Å²) in [5, 5.41) is 2.73. The summed E-state index contributed by atoms with van der Waals surface area (Å²) in [6, 6.07) is 25.0. The van der Waals surface area contributed by atoms with Crippen molar-refractivity contribution in [3.05, 3.63) is 90.0 Å². The van der Waals surface area contributed by atoms with Gasteiger partial charge in [-0.2, -0.15) is 0 Å². The van der Waals surface area contributed by atoms with E-state index in [0.717, 1.165) is 23.7 Å². The highest BCUT2D eigenvalue weighted by Crippen LogP contribution is 2.28. The summed E-state index contributed by atoms with van der Waals surface area (Å²) in [4.78, 5) is 26.7. The van der Waals surface area contributed by atoms with E-state index in [1.165, 1.54) is 10.5 Å². The lowest BCUT2D eigenvalue weighted by atomic mass is 10.0. The number of ether oxygens (including phenoxy) is 1. The second-order valence-corrected chi connectivity index (χ2v) is 7.86. The molecule has 0 spiro atoms. The van der Waals surface area contributed by atoms with Gasteiger partial charge in [0.2, 0.25) is 0 Å². The van der Waals surface area contributed by atoms with Gasteiger partial charge >= 0.3 is 0 Å². The first kappa shape index (κ1) is 21.5. The van der Waals surface area contributed by atoms with Gasteiger partial charge in [-0.3, -0.25) is 9.59 Å². The van der Waals surface area contributed by atoms with E-state index in [4.69, 9.17) is 4.74 Å². The Morgan fingerprint density at radius 1 is 0.900 bits per heavy atom. The summed E-state index contributed by atoms with van der Waals surface area (Å²) in [6.07, 6.45) is 0.727. The third-order valence-corrected chi connectivity index (χ3v) is 5.41. The minimum Gasteiger partial charge on any atom is -0.483 e. The van der Waals surface area contributed by atoms with Crippen LogP contribution in [0.15, 0.2) is 83.8 Å². The van der Waals surface area contributed by atoms with Crippen molar-refractivity contribution in [3.8, 4) is 5.75 Å². The van der Waals surface area contributed by atoms with Crippen LogP contribution in [0, 0.1) is 0 Å². The number of amides is 2. The van der Waals surface area contributed by atoms with Crippen LogP contribution in [0.5, 0.6) is 5.75 Å². The molecule has 3 aromatic carbocycles. The first-order valence-corrected chi connectivity index (χ1v) is 10.4. The normalized spacial score (nSPS) is 10.3. The predicted molar refractivity (Wildman–Crippen MR) is 121 cm³/mol. The van der Waals surface area contributed by atoms with Gasteiger partial charge in [-0.25, -0.2) is 0 Å². The quantitative estimate of drug-likeness (QED) is 0.542. The van der Waals surface area contributed by atoms with E-state index in [1.54, 1.807) is 26.2 Å². The number of carbonyl (C=O) groups is 2. The summed E-state index contributed by atoms with van der Waals surface area (Å²) in [5.74, 6) is 0.400. The molecule has 0 heterocycles. The molecule has 2 amide bonds. The van der Waals surface area contributed by atoms with Crippen molar-refractivity contribution >= 4 is 28.6 Å². The maximum Gasteiger partial charge on any atom is 0.286 e. The van der Waals surface area contributed by atoms with Crippen LogP contribution in [-0.4, -0.2) is 36.7 Å². The largest absolute Gasteiger partial charge is 0.483 e. The number of anilines is 1. The van der Waals surface area contributed by atoms with Gasteiger partial charge in [-0.05, 0) is 41.1 Å². The maximum absolute atomic E-state index is 12.5. The monoisotopic (exact) mass is 420 g/mol. The fraction of sp³-hybridized carbons (Fsp3) is 0.167. The van der Waals surface area contributed by atoms with Crippen LogP contribution in [0.2, 0.25) is 0 Å². The Bertz CT molecular complexity index is 1010. The lowest BCUT2D eigenvalue weighted by molar-refractivity contribution is -0.118. The van der Waals surface area contributed by atoms with Gasteiger partial charge < -0.3 is 15.0 Å². The van der Waals surface area contributed by atoms with E-state index in [0.29, 0.717) is 16.3 Å². The summed E-state index contributed by atoms with van der Waals surface area (Å²) in [6.45, 7) is -0.119. The summed E-state index contributed by atoms with van der Waals surface area (Å²) in [5.41, 5.74) is 2.78. The van der Waals surface area contributed by atoms with Crippen molar-refractivity contribution in [2.45, 2.75) is 11.3 Å². The van der Waals surface area contributed by atoms with Crippen LogP contribution in [-0.2, 0) is 11.2 Å². The first-order chi connectivity index (χ1) is 14.5. The minimum absolute atomic E-state index is 0.109. The highest BCUT2D eigenvalue weighted by Gasteiger charge is 2.13. The van der Waals surface area contributed by atoms with Gasteiger partial charge in [-0.1, -0.05) is 60.7 Å². The number of benzene rings is 3. The van der Waals surface area contributed by atoms with Crippen LogP contribution in [0.3, 0.4) is 0 Å². The molecule has 0 fully saturated rings. The third kappa shape index (κ3) is 6.12. The SMILES string of the molecule is CN(C)C(=O)Sc1ccccc1NC(=O)COc1ccccc1Cc1ccccc1. The van der Waals surface area contributed by atoms with E-state index in [-0.39, 0.29) is 17.8 Å². The molecule has 30 heavy (non-hydrogen) atoms. The van der Waals surface area contributed by atoms with Gasteiger partial charge in [0, 0.05) is 25.4 Å². The molecule has 0 saturated carbocycles. The molecular weight excluding hydrogens is 396 g/mol. The average Bonchev–Trinajstić information content (AvgIpc) is 2.75. The minimum atomic E-state index is -0.283. The molecule has 0 aliphatic heterocycles. The fourth-order valence-corrected chi connectivity index (χ4v) is 3.53. The van der Waals surface area contributed by atoms with Gasteiger partial charge in [0.15, 0.2) is 6.61 Å². The summed E-state index contributed by atoms with van der Waals surface area (Å²) >= 11 is 1.07. The molecule has 0 aromatic heterocycles. The van der Waals surface area contributed by atoms with E-state index in [2.05, 4.69) is 17.4 Å². The number of thioether (sulfide) groups is 1. The van der Waals surface area contributed by atoms with Gasteiger partial charge in [0.25, 0.3) is 11.1 Å². The molecule has 0 radical (unpaired) electrons. The Morgan fingerprint density at radius 2 is 1.57 bits per heavy atom. The second kappa shape index (κ2) is 10.5. The number of rotatable bonds is 7. The van der Waals surface area contributed by atoms with Crippen molar-refractivity contribution in [3.63, 3.8) is 0 Å². The molecule has 0 unspecified atom stereocenters. The lowest BCUT2D eigenvalue weighted by Crippen LogP contribution is -2.21. The zero-order chi connectivity index (χ0) is 21.3. The van der Waals surface area contributed by atoms with Gasteiger partial charge in [0.1, 0.15) is 5.75 Å². The van der Waals surface area contributed by atoms with E-state index in [1.807, 2.05) is 54.6 Å². The topological polar surface area (TPSA) is 58.6 Å². The zero-order valence-electron chi connectivity index (χ0n) is 17.0. The molecular formula is C24H24N2O3S. The van der Waals surface area contributed by atoms with Crippen molar-refractivity contribution in [2.24, 2.45) is 0 Å². The van der Waals surface area contributed by atoms with Crippen LogP contribution in [0.1, 0.15) is 11.1 Å². The Kier molecular flexibility index (Phi) is 7.51. The Labute approximate surface area is 181 Å². The zero-order valence-corrected chi connectivity index (χ0v) is 17.8. The molecule has 0 aliphatic rings. The number of hydrogen-bond acceptors (Lipinski definition) is 4. The van der Waals surface area contributed by atoms with E-state index < -0.39 is 0 Å². The highest BCUT2D eigenvalue weighted by molar-refractivity contribution is 8.13. The van der Waals surface area contributed by atoms with Crippen molar-refractivity contribution in [2.75, 3.05) is 26.0 Å². The fourth-order valence-electron chi connectivity index (χ4n) is 2.78. The highest BCUT2D eigenvalue weighted by atomic mass is 32.2. The molecule has 0 saturated heterocycles. The number of nitrogens with one attached hydrogen (secondary N) is 1. The van der Waals surface area contributed by atoms with Crippen LogP contribution < -0.4 is 10.1 Å². The number of hydrogen-bond donors (Lipinski definition) is 1. The average molecular weight is 421 g/mol. The summed E-state index contributed by atoms with van der Waals surface area (Å²) in [7, 11) is 3.38. The molecule has 5 nitrogen and oxygen atoms in total. The Balaban J connectivity index is 1.63. The van der Waals surface area contributed by atoms with Crippen molar-refractivity contribution in [1.29, 1.82) is 0 Å². The number of nitrogens with zero attached hydrogens (tertiary/aromatic N) is 1. The first-order valence-electron chi connectivity index (χ1n) is 9.55. The second-order valence-electron chi connectivity index (χ2n) is 6.87. The van der Waals surface area contributed by atoms with Crippen LogP contribution >= 0.6 is 11.8 Å². The molecule has 0 atom stereocenters. The predicted octanol–water partition coefficient (Wildman–Crippen LogP) is 5.07. The van der Waals surface area contributed by atoms with Crippen molar-refractivity contribution in [1.82, 2.24) is 4.90 Å². The summed E-state index contributed by atoms with van der Waals surface area (Å²) < 4.78 is 5.81. The lowest BCUT2D eigenvalue weighted by Gasteiger charge is -2.14. The van der Waals surface area contributed by atoms with Gasteiger partial charge in [-0.15, -0.1) is 0 Å². The third-order valence-electron chi connectivity index (χ3n) is 4.29. The molecule has 0 aliphatic carbocycles. The molecule has 6 heteroatoms. The van der Waals surface area contributed by atoms with Crippen LogP contribution in [0.4, 0.5) is 10.5 Å². The number of para-hydroxylation sites is 2. The van der Waals surface area contributed by atoms with Crippen LogP contribution in [0.25, 0.3) is 0 Å². The molecule has 3 aromatic rings. The molecule has 1 N–H and O–H groups in total. The van der Waals surface area contributed by atoms with E-state index in [9.17, 15) is 9.59 Å². The van der Waals surface area contributed by atoms with Crippen molar-refractivity contribution < 1.29 is 14.3 Å². The molecule has 154 valence electrons. The smallest absolute Gasteiger partial charge is 0.286 e. The maximum atomic E-state index is 12.5. The Hall–Kier alpha value is -3.25. The van der Waals surface area contributed by atoms with Gasteiger partial charge in [0.05, 0.1) is 5.69 Å². The number of carbonyl (C=O) groups excluding carboxylic acids is 2. The van der Waals surface area contributed by atoms with E-state index >= 15 is 0 Å². The standard InChI is InChI=1S/C24H24N2O3S/c1-26(2)24(28)30-22-15-9-7-13-20(22)25-23(27)17-29-21-14-8-6-12-19(21)16-18-10-4-3-5-11-18/h3-15H,16-17H2,1-2H3,(H,25,27). The Morgan fingerprint density at radius 3 is 2.33 bits per heavy atom. The molecule has 0 bridgehead atoms.